The summed E-state index contributed by atoms with van der Waals surface area (Å²) in [6, 6.07) is 8.21. The van der Waals surface area contributed by atoms with E-state index < -0.39 is 33.8 Å². The maximum Gasteiger partial charge on any atom is 0.408 e. The maximum absolute atomic E-state index is 12.4. The highest BCUT2D eigenvalue weighted by atomic mass is 32.2. The molecule has 0 spiro atoms. The van der Waals surface area contributed by atoms with Crippen molar-refractivity contribution in [2.75, 3.05) is 24.4 Å². The summed E-state index contributed by atoms with van der Waals surface area (Å²) in [7, 11) is -3.51. The number of esters is 1. The van der Waals surface area contributed by atoms with Gasteiger partial charge in [-0.1, -0.05) is 30.3 Å². The Labute approximate surface area is 170 Å². The van der Waals surface area contributed by atoms with Crippen molar-refractivity contribution in [3.8, 4) is 0 Å². The van der Waals surface area contributed by atoms with Gasteiger partial charge in [0.2, 0.25) is 0 Å². The number of nitrogens with one attached hydrogen (secondary N) is 1. The van der Waals surface area contributed by atoms with Crippen LogP contribution in [0.4, 0.5) is 4.79 Å². The first-order chi connectivity index (χ1) is 13.0. The number of hydrogen-bond donors (Lipinski definition) is 1. The SMILES string of the molecule is CC(C)(C)OC(=O)NC(CSCCOS(C)(=O)=O)C(=O)OCc1ccccc1. The third-order valence-corrected chi connectivity index (χ3v) is 4.63. The van der Waals surface area contributed by atoms with Crippen LogP contribution in [0.25, 0.3) is 0 Å². The van der Waals surface area contributed by atoms with Crippen molar-refractivity contribution in [3.05, 3.63) is 35.9 Å². The standard InChI is InChI=1S/C18H27NO7S2/c1-18(2,3)26-17(21)19-15(13-27-11-10-25-28(4,22)23)16(20)24-12-14-8-6-5-7-9-14/h5-9,15H,10-13H2,1-4H3,(H,19,21). The van der Waals surface area contributed by atoms with Crippen LogP contribution in [0, 0.1) is 0 Å². The molecule has 0 bridgehead atoms. The molecule has 158 valence electrons. The largest absolute Gasteiger partial charge is 0.459 e. The van der Waals surface area contributed by atoms with E-state index in [-0.39, 0.29) is 19.0 Å². The molecule has 0 radical (unpaired) electrons. The molecule has 0 saturated carbocycles. The van der Waals surface area contributed by atoms with E-state index in [1.54, 1.807) is 20.8 Å². The Balaban J connectivity index is 2.59. The number of thioether (sulfide) groups is 1. The average Bonchev–Trinajstić information content (AvgIpc) is 2.56. The second-order valence-electron chi connectivity index (χ2n) is 6.89. The van der Waals surface area contributed by atoms with Crippen LogP contribution in [-0.4, -0.2) is 56.5 Å². The number of hydrogen-bond acceptors (Lipinski definition) is 8. The Morgan fingerprint density at radius 2 is 1.82 bits per heavy atom. The first-order valence-electron chi connectivity index (χ1n) is 8.58. The molecule has 1 rings (SSSR count). The predicted molar refractivity (Wildman–Crippen MR) is 108 cm³/mol. The zero-order valence-electron chi connectivity index (χ0n) is 16.5. The minimum absolute atomic E-state index is 0.0261. The van der Waals surface area contributed by atoms with Gasteiger partial charge in [-0.05, 0) is 26.3 Å². The summed E-state index contributed by atoms with van der Waals surface area (Å²) in [5, 5.41) is 2.50. The van der Waals surface area contributed by atoms with Gasteiger partial charge >= 0.3 is 12.1 Å². The smallest absolute Gasteiger partial charge is 0.408 e. The van der Waals surface area contributed by atoms with E-state index >= 15 is 0 Å². The van der Waals surface area contributed by atoms with Crippen molar-refractivity contribution in [2.24, 2.45) is 0 Å². The maximum atomic E-state index is 12.4. The molecule has 0 saturated heterocycles. The van der Waals surface area contributed by atoms with Crippen molar-refractivity contribution in [1.82, 2.24) is 5.32 Å². The number of carbonyl (C=O) groups is 2. The third kappa shape index (κ3) is 11.8. The average molecular weight is 434 g/mol. The summed E-state index contributed by atoms with van der Waals surface area (Å²) in [6.45, 7) is 5.20. The number of alkyl carbamates (subject to hydrolysis) is 1. The molecule has 1 unspecified atom stereocenters. The number of ether oxygens (including phenoxy) is 2. The second-order valence-corrected chi connectivity index (χ2v) is 9.69. The molecule has 0 fully saturated rings. The Bertz CT molecular complexity index is 730. The van der Waals surface area contributed by atoms with Crippen molar-refractivity contribution in [2.45, 2.75) is 39.0 Å². The molecule has 0 heterocycles. The minimum atomic E-state index is -3.51. The van der Waals surface area contributed by atoms with Gasteiger partial charge in [-0.25, -0.2) is 9.59 Å². The Kier molecular flexibility index (Phi) is 9.77. The van der Waals surface area contributed by atoms with Crippen molar-refractivity contribution < 1.29 is 31.7 Å². The number of amides is 1. The molecule has 1 N–H and O–H groups in total. The van der Waals surface area contributed by atoms with E-state index in [1.807, 2.05) is 30.3 Å². The van der Waals surface area contributed by atoms with Gasteiger partial charge < -0.3 is 14.8 Å². The summed E-state index contributed by atoms with van der Waals surface area (Å²) in [6.07, 6.45) is 0.230. The van der Waals surface area contributed by atoms with E-state index in [0.717, 1.165) is 11.8 Å². The monoisotopic (exact) mass is 433 g/mol. The van der Waals surface area contributed by atoms with Crippen LogP contribution in [-0.2, 0) is 35.2 Å². The quantitative estimate of drug-likeness (QED) is 0.340. The highest BCUT2D eigenvalue weighted by molar-refractivity contribution is 7.99. The van der Waals surface area contributed by atoms with Crippen molar-refractivity contribution >= 4 is 33.9 Å². The molecular weight excluding hydrogens is 406 g/mol. The van der Waals surface area contributed by atoms with E-state index in [1.165, 1.54) is 11.8 Å². The van der Waals surface area contributed by atoms with Gasteiger partial charge in [0.1, 0.15) is 18.2 Å². The number of rotatable bonds is 10. The fourth-order valence-electron chi connectivity index (χ4n) is 1.89. The van der Waals surface area contributed by atoms with Gasteiger partial charge in [-0.2, -0.15) is 20.2 Å². The second kappa shape index (κ2) is 11.3. The van der Waals surface area contributed by atoms with Crippen molar-refractivity contribution in [1.29, 1.82) is 0 Å². The fraction of sp³-hybridized carbons (Fsp3) is 0.556. The van der Waals surface area contributed by atoms with Gasteiger partial charge in [0, 0.05) is 11.5 Å². The highest BCUT2D eigenvalue weighted by Gasteiger charge is 2.25. The molecule has 10 heteroatoms. The third-order valence-electron chi connectivity index (χ3n) is 3.01. The molecule has 1 aromatic carbocycles. The lowest BCUT2D eigenvalue weighted by Crippen LogP contribution is -2.45. The normalized spacial score (nSPS) is 12.9. The zero-order chi connectivity index (χ0) is 21.2. The molecule has 1 atom stereocenters. The summed E-state index contributed by atoms with van der Waals surface area (Å²) < 4.78 is 37.0. The minimum Gasteiger partial charge on any atom is -0.459 e. The van der Waals surface area contributed by atoms with E-state index in [0.29, 0.717) is 5.75 Å². The lowest BCUT2D eigenvalue weighted by atomic mass is 10.2. The molecule has 0 aliphatic carbocycles. The number of benzene rings is 1. The van der Waals surface area contributed by atoms with E-state index in [9.17, 15) is 18.0 Å². The summed E-state index contributed by atoms with van der Waals surface area (Å²) >= 11 is 1.25. The highest BCUT2D eigenvalue weighted by Crippen LogP contribution is 2.10. The van der Waals surface area contributed by atoms with Crippen LogP contribution in [0.3, 0.4) is 0 Å². The van der Waals surface area contributed by atoms with Gasteiger partial charge in [0.25, 0.3) is 10.1 Å². The topological polar surface area (TPSA) is 108 Å². The summed E-state index contributed by atoms with van der Waals surface area (Å²) in [4.78, 5) is 24.4. The zero-order valence-corrected chi connectivity index (χ0v) is 18.1. The summed E-state index contributed by atoms with van der Waals surface area (Å²) in [5.41, 5.74) is 0.111. The molecule has 0 aliphatic heterocycles. The van der Waals surface area contributed by atoms with Crippen LogP contribution in [0.2, 0.25) is 0 Å². The number of carbonyl (C=O) groups excluding carboxylic acids is 2. The molecule has 0 aromatic heterocycles. The Morgan fingerprint density at radius 3 is 2.39 bits per heavy atom. The first-order valence-corrected chi connectivity index (χ1v) is 11.6. The van der Waals surface area contributed by atoms with Crippen molar-refractivity contribution in [3.63, 3.8) is 0 Å². The molecule has 28 heavy (non-hydrogen) atoms. The van der Waals surface area contributed by atoms with E-state index in [2.05, 4.69) is 9.50 Å². The van der Waals surface area contributed by atoms with Gasteiger partial charge in [-0.3, -0.25) is 4.18 Å². The molecular formula is C18H27NO7S2. The molecule has 1 amide bonds. The van der Waals surface area contributed by atoms with E-state index in [4.69, 9.17) is 9.47 Å². The fourth-order valence-corrected chi connectivity index (χ4v) is 3.21. The van der Waals surface area contributed by atoms with Gasteiger partial charge in [0.05, 0.1) is 12.9 Å². The lowest BCUT2D eigenvalue weighted by molar-refractivity contribution is -0.146. The van der Waals surface area contributed by atoms with Crippen LogP contribution >= 0.6 is 11.8 Å². The van der Waals surface area contributed by atoms with Gasteiger partial charge in [0.15, 0.2) is 0 Å². The lowest BCUT2D eigenvalue weighted by Gasteiger charge is -2.23. The van der Waals surface area contributed by atoms with Crippen LogP contribution in [0.1, 0.15) is 26.3 Å². The first kappa shape index (κ1) is 24.3. The van der Waals surface area contributed by atoms with Gasteiger partial charge in [-0.15, -0.1) is 0 Å². The van der Waals surface area contributed by atoms with Crippen LogP contribution in [0.5, 0.6) is 0 Å². The Morgan fingerprint density at radius 1 is 1.18 bits per heavy atom. The van der Waals surface area contributed by atoms with Crippen LogP contribution < -0.4 is 5.32 Å². The molecule has 1 aromatic rings. The molecule has 8 nitrogen and oxygen atoms in total. The predicted octanol–water partition coefficient (Wildman–Crippen LogP) is 2.33. The molecule has 0 aliphatic rings. The van der Waals surface area contributed by atoms with Crippen LogP contribution in [0.15, 0.2) is 30.3 Å². The Hall–Kier alpha value is -1.78. The summed E-state index contributed by atoms with van der Waals surface area (Å²) in [5.74, 6) is -0.0999.